The van der Waals surface area contributed by atoms with Crippen molar-refractivity contribution in [3.05, 3.63) is 89.0 Å². The molecule has 1 aromatic heterocycles. The Balaban J connectivity index is 1.71. The van der Waals surface area contributed by atoms with Gasteiger partial charge in [-0.1, -0.05) is 42.0 Å². The van der Waals surface area contributed by atoms with E-state index in [1.165, 1.54) is 10.5 Å². The van der Waals surface area contributed by atoms with Crippen molar-refractivity contribution >= 4 is 46.0 Å². The molecule has 5 rings (SSSR count). The SMILES string of the molecule is CSc1ccc(C2=C(C(=O)Nc3ccc(C)cc3C)C(C)Nc3nc4ccccc4n32)cc1. The molecular weight excluding hydrogens is 428 g/mol. The van der Waals surface area contributed by atoms with Crippen molar-refractivity contribution in [3.8, 4) is 0 Å². The molecule has 1 amide bonds. The molecule has 33 heavy (non-hydrogen) atoms. The number of hydrogen-bond acceptors (Lipinski definition) is 4. The predicted molar refractivity (Wildman–Crippen MR) is 138 cm³/mol. The van der Waals surface area contributed by atoms with Crippen LogP contribution in [-0.2, 0) is 4.79 Å². The first kappa shape index (κ1) is 21.3. The van der Waals surface area contributed by atoms with Crippen LogP contribution in [0.5, 0.6) is 0 Å². The summed E-state index contributed by atoms with van der Waals surface area (Å²) in [5.41, 5.74) is 7.41. The maximum Gasteiger partial charge on any atom is 0.255 e. The van der Waals surface area contributed by atoms with Gasteiger partial charge >= 0.3 is 0 Å². The summed E-state index contributed by atoms with van der Waals surface area (Å²) in [6.07, 6.45) is 2.06. The van der Waals surface area contributed by atoms with Gasteiger partial charge in [-0.15, -0.1) is 11.8 Å². The van der Waals surface area contributed by atoms with E-state index in [2.05, 4.69) is 58.7 Å². The summed E-state index contributed by atoms with van der Waals surface area (Å²) < 4.78 is 2.07. The van der Waals surface area contributed by atoms with E-state index < -0.39 is 0 Å². The lowest BCUT2D eigenvalue weighted by atomic mass is 9.97. The third-order valence-corrected chi connectivity index (χ3v) is 6.80. The van der Waals surface area contributed by atoms with Gasteiger partial charge in [0.2, 0.25) is 5.95 Å². The van der Waals surface area contributed by atoms with E-state index in [1.807, 2.05) is 50.2 Å². The first-order chi connectivity index (χ1) is 16.0. The maximum atomic E-state index is 13.7. The van der Waals surface area contributed by atoms with Crippen LogP contribution in [0.2, 0.25) is 0 Å². The summed E-state index contributed by atoms with van der Waals surface area (Å²) in [7, 11) is 0. The van der Waals surface area contributed by atoms with Gasteiger partial charge in [-0.05, 0) is 68.5 Å². The Labute approximate surface area is 197 Å². The van der Waals surface area contributed by atoms with Crippen molar-refractivity contribution in [1.29, 1.82) is 0 Å². The molecule has 0 radical (unpaired) electrons. The molecule has 1 aliphatic heterocycles. The number of thioether (sulfide) groups is 1. The molecule has 166 valence electrons. The highest BCUT2D eigenvalue weighted by atomic mass is 32.2. The molecule has 5 nitrogen and oxygen atoms in total. The van der Waals surface area contributed by atoms with Crippen LogP contribution in [0, 0.1) is 13.8 Å². The number of imidazole rings is 1. The first-order valence-corrected chi connectivity index (χ1v) is 12.2. The minimum Gasteiger partial charge on any atom is -0.349 e. The van der Waals surface area contributed by atoms with Gasteiger partial charge in [0.05, 0.1) is 28.3 Å². The second kappa shape index (κ2) is 8.45. The number of rotatable bonds is 4. The summed E-state index contributed by atoms with van der Waals surface area (Å²) in [6.45, 7) is 6.08. The van der Waals surface area contributed by atoms with Gasteiger partial charge in [0.1, 0.15) is 0 Å². The van der Waals surface area contributed by atoms with Crippen LogP contribution in [0.15, 0.2) is 77.2 Å². The molecule has 4 aromatic rings. The number of aromatic nitrogens is 2. The average molecular weight is 455 g/mol. The number of nitrogens with zero attached hydrogens (tertiary/aromatic N) is 2. The third-order valence-electron chi connectivity index (χ3n) is 6.06. The van der Waals surface area contributed by atoms with Gasteiger partial charge < -0.3 is 10.6 Å². The normalized spacial score (nSPS) is 15.3. The van der Waals surface area contributed by atoms with Gasteiger partial charge in [-0.25, -0.2) is 4.98 Å². The Hall–Kier alpha value is -3.51. The van der Waals surface area contributed by atoms with E-state index in [0.29, 0.717) is 5.57 Å². The van der Waals surface area contributed by atoms with Crippen LogP contribution in [0.3, 0.4) is 0 Å². The van der Waals surface area contributed by atoms with Crippen molar-refractivity contribution in [2.24, 2.45) is 0 Å². The molecule has 1 atom stereocenters. The average Bonchev–Trinajstić information content (AvgIpc) is 3.18. The van der Waals surface area contributed by atoms with Gasteiger partial charge in [-0.3, -0.25) is 9.36 Å². The number of carbonyl (C=O) groups is 1. The molecular formula is C27H26N4OS. The highest BCUT2D eigenvalue weighted by Gasteiger charge is 2.32. The fraction of sp³-hybridized carbons (Fsp3) is 0.185. The number of hydrogen-bond donors (Lipinski definition) is 2. The lowest BCUT2D eigenvalue weighted by Gasteiger charge is -2.29. The Bertz CT molecular complexity index is 1400. The molecule has 1 aliphatic rings. The van der Waals surface area contributed by atoms with Gasteiger partial charge in [-0.2, -0.15) is 0 Å². The van der Waals surface area contributed by atoms with E-state index in [1.54, 1.807) is 11.8 Å². The summed E-state index contributed by atoms with van der Waals surface area (Å²) in [4.78, 5) is 19.7. The Morgan fingerprint density at radius 1 is 1.06 bits per heavy atom. The molecule has 2 N–H and O–H groups in total. The Morgan fingerprint density at radius 3 is 2.55 bits per heavy atom. The van der Waals surface area contributed by atoms with E-state index in [4.69, 9.17) is 4.98 Å². The predicted octanol–water partition coefficient (Wildman–Crippen LogP) is 6.09. The van der Waals surface area contributed by atoms with Crippen molar-refractivity contribution in [2.75, 3.05) is 16.9 Å². The molecule has 0 fully saturated rings. The summed E-state index contributed by atoms with van der Waals surface area (Å²) in [6, 6.07) is 22.2. The molecule has 1 unspecified atom stereocenters. The summed E-state index contributed by atoms with van der Waals surface area (Å²) in [5.74, 6) is 0.630. The van der Waals surface area contributed by atoms with Crippen molar-refractivity contribution in [3.63, 3.8) is 0 Å². The van der Waals surface area contributed by atoms with E-state index in [0.717, 1.165) is 39.5 Å². The zero-order chi connectivity index (χ0) is 23.1. The summed E-state index contributed by atoms with van der Waals surface area (Å²) >= 11 is 1.70. The molecule has 3 aromatic carbocycles. The number of para-hydroxylation sites is 2. The van der Waals surface area contributed by atoms with Gasteiger partial charge in [0, 0.05) is 10.6 Å². The molecule has 0 aliphatic carbocycles. The molecule has 0 spiro atoms. The number of anilines is 2. The van der Waals surface area contributed by atoms with Gasteiger partial charge in [0.15, 0.2) is 0 Å². The maximum absolute atomic E-state index is 13.7. The number of benzene rings is 3. The van der Waals surface area contributed by atoms with Crippen molar-refractivity contribution < 1.29 is 4.79 Å². The Kier molecular flexibility index (Phi) is 5.46. The Morgan fingerprint density at radius 2 is 1.82 bits per heavy atom. The number of aryl methyl sites for hydroxylation is 2. The second-order valence-corrected chi connectivity index (χ2v) is 9.27. The number of amides is 1. The monoisotopic (exact) mass is 454 g/mol. The smallest absolute Gasteiger partial charge is 0.255 e. The minimum atomic E-state index is -0.213. The van der Waals surface area contributed by atoms with Crippen molar-refractivity contribution in [2.45, 2.75) is 31.7 Å². The van der Waals surface area contributed by atoms with Crippen molar-refractivity contribution in [1.82, 2.24) is 9.55 Å². The van der Waals surface area contributed by atoms with Crippen LogP contribution >= 0.6 is 11.8 Å². The zero-order valence-corrected chi connectivity index (χ0v) is 20.0. The third kappa shape index (κ3) is 3.80. The quantitative estimate of drug-likeness (QED) is 0.367. The number of nitrogens with one attached hydrogen (secondary N) is 2. The lowest BCUT2D eigenvalue weighted by Crippen LogP contribution is -2.34. The number of carbonyl (C=O) groups excluding carboxylic acids is 1. The molecule has 0 bridgehead atoms. The minimum absolute atomic E-state index is 0.116. The summed E-state index contributed by atoms with van der Waals surface area (Å²) in [5, 5.41) is 6.60. The van der Waals surface area contributed by atoms with Crippen LogP contribution in [0.4, 0.5) is 11.6 Å². The fourth-order valence-corrected chi connectivity index (χ4v) is 4.83. The highest BCUT2D eigenvalue weighted by Crippen LogP contribution is 2.37. The molecule has 6 heteroatoms. The van der Waals surface area contributed by atoms with Crippen LogP contribution < -0.4 is 10.6 Å². The van der Waals surface area contributed by atoms with Crippen LogP contribution in [0.25, 0.3) is 16.7 Å². The topological polar surface area (TPSA) is 59.0 Å². The van der Waals surface area contributed by atoms with E-state index in [-0.39, 0.29) is 11.9 Å². The van der Waals surface area contributed by atoms with Gasteiger partial charge in [0.25, 0.3) is 5.91 Å². The first-order valence-electron chi connectivity index (χ1n) is 11.0. The fourth-order valence-electron chi connectivity index (χ4n) is 4.42. The standard InChI is InChI=1S/C27H26N4OS/c1-16-9-14-21(17(2)15-16)29-26(32)24-18(3)28-27-30-22-7-5-6-8-23(22)31(27)25(24)19-10-12-20(33-4)13-11-19/h5-15,18H,1-4H3,(H,28,30)(H,29,32). The number of fused-ring (bicyclic) bond motifs is 3. The van der Waals surface area contributed by atoms with Crippen LogP contribution in [-0.4, -0.2) is 27.8 Å². The lowest BCUT2D eigenvalue weighted by molar-refractivity contribution is -0.113. The molecule has 0 saturated heterocycles. The largest absolute Gasteiger partial charge is 0.349 e. The van der Waals surface area contributed by atoms with E-state index >= 15 is 0 Å². The molecule has 2 heterocycles. The van der Waals surface area contributed by atoms with Crippen LogP contribution in [0.1, 0.15) is 23.6 Å². The molecule has 0 saturated carbocycles. The van der Waals surface area contributed by atoms with E-state index in [9.17, 15) is 4.79 Å². The highest BCUT2D eigenvalue weighted by molar-refractivity contribution is 7.98. The zero-order valence-electron chi connectivity index (χ0n) is 19.1. The second-order valence-electron chi connectivity index (χ2n) is 8.39.